The minimum Gasteiger partial charge on any atom is -0.484 e. The molecule has 8 heteroatoms. The Labute approximate surface area is 143 Å². The number of amides is 3. The molecule has 0 unspecified atom stereocenters. The Morgan fingerprint density at radius 1 is 1.00 bits per heavy atom. The van der Waals surface area contributed by atoms with Gasteiger partial charge < -0.3 is 10.1 Å². The van der Waals surface area contributed by atoms with Crippen molar-refractivity contribution in [1.29, 1.82) is 0 Å². The second-order valence-electron chi connectivity index (χ2n) is 5.29. The maximum Gasteiger partial charge on any atom is 0.338 e. The number of aryl methyl sites for hydroxylation is 2. The minimum absolute atomic E-state index is 0.223. The summed E-state index contributed by atoms with van der Waals surface area (Å²) in [5.41, 5.74) is 6.05. The molecule has 2 rings (SSSR count). The van der Waals surface area contributed by atoms with Gasteiger partial charge in [-0.25, -0.2) is 19.0 Å². The van der Waals surface area contributed by atoms with Gasteiger partial charge in [-0.15, -0.1) is 0 Å². The van der Waals surface area contributed by atoms with E-state index in [0.29, 0.717) is 11.8 Å². The average Bonchev–Trinajstić information content (AvgIpc) is 2.56. The standard InChI is InChI=1S/C17H17F2N3O3/c1-10-3-5-13(7-11(10)2)25-9-16(23)21-22-17(24)20-15-6-4-12(18)8-14(15)19/h3-8H,9H2,1-2H3,(H,21,23)(H2,20,22,24). The Kier molecular flexibility index (Phi) is 5.89. The van der Waals surface area contributed by atoms with Crippen LogP contribution in [0.15, 0.2) is 36.4 Å². The fourth-order valence-electron chi connectivity index (χ4n) is 1.86. The average molecular weight is 349 g/mol. The SMILES string of the molecule is Cc1ccc(OCC(=O)NNC(=O)Nc2ccc(F)cc2F)cc1C. The highest BCUT2D eigenvalue weighted by Gasteiger charge is 2.09. The van der Waals surface area contributed by atoms with Crippen LogP contribution in [-0.4, -0.2) is 18.5 Å². The van der Waals surface area contributed by atoms with Crippen molar-refractivity contribution in [2.24, 2.45) is 0 Å². The second kappa shape index (κ2) is 8.09. The van der Waals surface area contributed by atoms with Crippen LogP contribution in [0.4, 0.5) is 19.3 Å². The lowest BCUT2D eigenvalue weighted by molar-refractivity contribution is -0.123. The summed E-state index contributed by atoms with van der Waals surface area (Å²) < 4.78 is 31.5. The summed E-state index contributed by atoms with van der Waals surface area (Å²) in [4.78, 5) is 23.2. The molecule has 2 aromatic rings. The first kappa shape index (κ1) is 18.2. The van der Waals surface area contributed by atoms with Crippen molar-refractivity contribution in [3.63, 3.8) is 0 Å². The van der Waals surface area contributed by atoms with Gasteiger partial charge in [0, 0.05) is 6.07 Å². The van der Waals surface area contributed by atoms with Gasteiger partial charge in [-0.2, -0.15) is 0 Å². The van der Waals surface area contributed by atoms with Crippen molar-refractivity contribution >= 4 is 17.6 Å². The van der Waals surface area contributed by atoms with E-state index in [1.807, 2.05) is 25.3 Å². The summed E-state index contributed by atoms with van der Waals surface area (Å²) in [6.07, 6.45) is 0. The molecule has 2 aromatic carbocycles. The molecule has 132 valence electrons. The molecule has 0 aliphatic rings. The number of halogens is 2. The number of ether oxygens (including phenoxy) is 1. The number of urea groups is 1. The van der Waals surface area contributed by atoms with Crippen molar-refractivity contribution in [3.8, 4) is 5.75 Å². The van der Waals surface area contributed by atoms with E-state index in [4.69, 9.17) is 4.74 Å². The van der Waals surface area contributed by atoms with Crippen LogP contribution in [0.25, 0.3) is 0 Å². The van der Waals surface area contributed by atoms with E-state index in [2.05, 4.69) is 10.7 Å². The molecule has 0 radical (unpaired) electrons. The Hall–Kier alpha value is -3.16. The zero-order chi connectivity index (χ0) is 18.4. The first-order valence-corrected chi connectivity index (χ1v) is 7.36. The number of benzene rings is 2. The number of anilines is 1. The molecule has 0 bridgehead atoms. The van der Waals surface area contributed by atoms with Crippen LogP contribution in [0.3, 0.4) is 0 Å². The number of hydrogen-bond donors (Lipinski definition) is 3. The van der Waals surface area contributed by atoms with Gasteiger partial charge in [-0.1, -0.05) is 6.07 Å². The molecule has 0 saturated carbocycles. The second-order valence-corrected chi connectivity index (χ2v) is 5.29. The third-order valence-electron chi connectivity index (χ3n) is 3.34. The van der Waals surface area contributed by atoms with Gasteiger partial charge >= 0.3 is 6.03 Å². The molecule has 3 amide bonds. The molecule has 0 spiro atoms. The summed E-state index contributed by atoms with van der Waals surface area (Å²) in [6, 6.07) is 7.19. The van der Waals surface area contributed by atoms with Crippen molar-refractivity contribution in [3.05, 3.63) is 59.2 Å². The first-order valence-electron chi connectivity index (χ1n) is 7.36. The van der Waals surface area contributed by atoms with E-state index in [-0.39, 0.29) is 12.3 Å². The molecule has 0 aliphatic carbocycles. The number of carbonyl (C=O) groups is 2. The minimum atomic E-state index is -0.931. The van der Waals surface area contributed by atoms with Crippen molar-refractivity contribution < 1.29 is 23.1 Å². The molecule has 0 saturated heterocycles. The third-order valence-corrected chi connectivity index (χ3v) is 3.34. The summed E-state index contributed by atoms with van der Waals surface area (Å²) in [6.45, 7) is 3.56. The summed E-state index contributed by atoms with van der Waals surface area (Å²) in [7, 11) is 0. The fraction of sp³-hybridized carbons (Fsp3) is 0.176. The lowest BCUT2D eigenvalue weighted by Crippen LogP contribution is -2.45. The predicted octanol–water partition coefficient (Wildman–Crippen LogP) is 2.81. The highest BCUT2D eigenvalue weighted by Crippen LogP contribution is 2.16. The number of carbonyl (C=O) groups excluding carboxylic acids is 2. The van der Waals surface area contributed by atoms with Crippen LogP contribution >= 0.6 is 0 Å². The molecule has 6 nitrogen and oxygen atoms in total. The van der Waals surface area contributed by atoms with E-state index in [9.17, 15) is 18.4 Å². The van der Waals surface area contributed by atoms with Gasteiger partial charge in [0.05, 0.1) is 5.69 Å². The van der Waals surface area contributed by atoms with Gasteiger partial charge in [0.15, 0.2) is 6.61 Å². The lowest BCUT2D eigenvalue weighted by atomic mass is 10.1. The highest BCUT2D eigenvalue weighted by molar-refractivity contribution is 5.91. The summed E-state index contributed by atoms with van der Waals surface area (Å²) >= 11 is 0. The molecule has 3 N–H and O–H groups in total. The Morgan fingerprint density at radius 2 is 1.76 bits per heavy atom. The monoisotopic (exact) mass is 349 g/mol. The summed E-state index contributed by atoms with van der Waals surface area (Å²) in [5, 5.41) is 2.13. The van der Waals surface area contributed by atoms with E-state index in [1.165, 1.54) is 0 Å². The zero-order valence-corrected chi connectivity index (χ0v) is 13.7. The largest absolute Gasteiger partial charge is 0.484 e. The molecule has 0 aromatic heterocycles. The molecular formula is C17H17F2N3O3. The number of nitrogens with one attached hydrogen (secondary N) is 3. The maximum absolute atomic E-state index is 13.4. The fourth-order valence-corrected chi connectivity index (χ4v) is 1.86. The number of hydrazine groups is 1. The smallest absolute Gasteiger partial charge is 0.338 e. The predicted molar refractivity (Wildman–Crippen MR) is 88.1 cm³/mol. The van der Waals surface area contributed by atoms with E-state index >= 15 is 0 Å². The Bertz CT molecular complexity index is 797. The Balaban J connectivity index is 1.77. The molecule has 0 heterocycles. The van der Waals surface area contributed by atoms with Gasteiger partial charge in [0.25, 0.3) is 5.91 Å². The van der Waals surface area contributed by atoms with Crippen LogP contribution in [-0.2, 0) is 4.79 Å². The van der Waals surface area contributed by atoms with E-state index in [0.717, 1.165) is 23.3 Å². The van der Waals surface area contributed by atoms with Crippen LogP contribution in [0, 0.1) is 25.5 Å². The van der Waals surface area contributed by atoms with E-state index in [1.54, 1.807) is 12.1 Å². The molecule has 0 atom stereocenters. The van der Waals surface area contributed by atoms with Crippen LogP contribution in [0.1, 0.15) is 11.1 Å². The normalized spacial score (nSPS) is 10.1. The summed E-state index contributed by atoms with van der Waals surface area (Å²) in [5.74, 6) is -1.77. The van der Waals surface area contributed by atoms with Crippen molar-refractivity contribution in [1.82, 2.24) is 10.9 Å². The first-order chi connectivity index (χ1) is 11.8. The molecular weight excluding hydrogens is 332 g/mol. The zero-order valence-electron chi connectivity index (χ0n) is 13.7. The molecule has 0 fully saturated rings. The van der Waals surface area contributed by atoms with Gasteiger partial charge in [-0.05, 0) is 49.2 Å². The molecule has 0 aliphatic heterocycles. The van der Waals surface area contributed by atoms with Crippen LogP contribution in [0.2, 0.25) is 0 Å². The molecule has 25 heavy (non-hydrogen) atoms. The quantitative estimate of drug-likeness (QED) is 0.743. The number of hydrogen-bond acceptors (Lipinski definition) is 3. The number of rotatable bonds is 4. The Morgan fingerprint density at radius 3 is 2.44 bits per heavy atom. The third kappa shape index (κ3) is 5.45. The van der Waals surface area contributed by atoms with Gasteiger partial charge in [0.1, 0.15) is 17.4 Å². The highest BCUT2D eigenvalue weighted by atomic mass is 19.1. The lowest BCUT2D eigenvalue weighted by Gasteiger charge is -2.11. The van der Waals surface area contributed by atoms with Gasteiger partial charge in [0.2, 0.25) is 0 Å². The van der Waals surface area contributed by atoms with Gasteiger partial charge in [-0.3, -0.25) is 10.2 Å². The van der Waals surface area contributed by atoms with Crippen LogP contribution in [0.5, 0.6) is 5.75 Å². The van der Waals surface area contributed by atoms with Crippen molar-refractivity contribution in [2.75, 3.05) is 11.9 Å². The topological polar surface area (TPSA) is 79.5 Å². The maximum atomic E-state index is 13.4. The van der Waals surface area contributed by atoms with Crippen LogP contribution < -0.4 is 20.9 Å². The van der Waals surface area contributed by atoms with E-state index < -0.39 is 23.6 Å². The van der Waals surface area contributed by atoms with Crippen molar-refractivity contribution in [2.45, 2.75) is 13.8 Å².